The number of benzene rings is 1. The minimum atomic E-state index is -0.153. The van der Waals surface area contributed by atoms with Gasteiger partial charge in [-0.05, 0) is 31.0 Å². The summed E-state index contributed by atoms with van der Waals surface area (Å²) in [5, 5.41) is 11.2. The third-order valence-corrected chi connectivity index (χ3v) is 4.97. The van der Waals surface area contributed by atoms with E-state index in [0.717, 1.165) is 18.4 Å². The molecule has 0 spiro atoms. The van der Waals surface area contributed by atoms with Crippen molar-refractivity contribution in [3.8, 4) is 23.0 Å². The maximum absolute atomic E-state index is 12.6. The van der Waals surface area contributed by atoms with E-state index < -0.39 is 0 Å². The summed E-state index contributed by atoms with van der Waals surface area (Å²) in [4.78, 5) is 14.4. The van der Waals surface area contributed by atoms with Crippen LogP contribution in [-0.2, 0) is 0 Å². The number of carbonyl (C=O) groups excluding carboxylic acids is 1. The van der Waals surface area contributed by atoms with Crippen molar-refractivity contribution in [2.24, 2.45) is 0 Å². The quantitative estimate of drug-likeness (QED) is 0.698. The Morgan fingerprint density at radius 2 is 1.93 bits per heavy atom. The van der Waals surface area contributed by atoms with E-state index in [1.807, 2.05) is 0 Å². The maximum Gasteiger partial charge on any atom is 0.321 e. The van der Waals surface area contributed by atoms with Crippen molar-refractivity contribution in [1.29, 1.82) is 0 Å². The van der Waals surface area contributed by atoms with Crippen molar-refractivity contribution in [2.45, 2.75) is 18.8 Å². The first-order valence-electron chi connectivity index (χ1n) is 9.32. The second kappa shape index (κ2) is 8.26. The largest absolute Gasteiger partial charge is 0.493 e. The summed E-state index contributed by atoms with van der Waals surface area (Å²) in [6.45, 7) is 1.21. The molecule has 4 rings (SSSR count). The molecule has 2 aromatic heterocycles. The number of likely N-dealkylation sites (tertiary alicyclic amines) is 1. The number of anilines is 1. The molecular weight excluding hydrogens is 376 g/mol. The summed E-state index contributed by atoms with van der Waals surface area (Å²) in [7, 11) is 3.13. The van der Waals surface area contributed by atoms with Gasteiger partial charge in [0.25, 0.3) is 5.89 Å². The number of aromatic nitrogens is 2. The van der Waals surface area contributed by atoms with Crippen LogP contribution < -0.4 is 14.8 Å². The van der Waals surface area contributed by atoms with Crippen LogP contribution in [0.2, 0.25) is 0 Å². The van der Waals surface area contributed by atoms with Crippen molar-refractivity contribution in [1.82, 2.24) is 15.1 Å². The number of hydrogen-bond donors (Lipinski definition) is 1. The predicted molar refractivity (Wildman–Crippen MR) is 104 cm³/mol. The topological polar surface area (TPSA) is 103 Å². The van der Waals surface area contributed by atoms with Crippen LogP contribution in [0.15, 0.2) is 45.6 Å². The van der Waals surface area contributed by atoms with Crippen LogP contribution in [0.4, 0.5) is 10.5 Å². The Morgan fingerprint density at radius 3 is 2.62 bits per heavy atom. The number of ether oxygens (including phenoxy) is 2. The number of piperidine rings is 1. The number of hydrogen-bond acceptors (Lipinski definition) is 7. The fraction of sp³-hybridized carbons (Fsp3) is 0.350. The molecule has 9 nitrogen and oxygen atoms in total. The lowest BCUT2D eigenvalue weighted by molar-refractivity contribution is 0.190. The molecule has 0 radical (unpaired) electrons. The standard InChI is InChI=1S/C20H22N4O5/c1-26-16-4-3-15(11-17(16)27-2)21-20(25)24-8-5-13(6-9-24)18-22-23-19(29-18)14-7-10-28-12-14/h3-4,7,10-13H,5-6,8-9H2,1-2H3,(H,21,25). The summed E-state index contributed by atoms with van der Waals surface area (Å²) in [5.41, 5.74) is 1.41. The van der Waals surface area contributed by atoms with E-state index in [4.69, 9.17) is 18.3 Å². The number of nitrogens with zero attached hydrogens (tertiary/aromatic N) is 3. The van der Waals surface area contributed by atoms with Crippen LogP contribution in [0.3, 0.4) is 0 Å². The molecule has 1 aliphatic heterocycles. The zero-order chi connectivity index (χ0) is 20.2. The summed E-state index contributed by atoms with van der Waals surface area (Å²) in [6, 6.07) is 6.90. The molecular formula is C20H22N4O5. The van der Waals surface area contributed by atoms with Gasteiger partial charge >= 0.3 is 6.03 Å². The first kappa shape index (κ1) is 18.9. The highest BCUT2D eigenvalue weighted by Gasteiger charge is 2.27. The second-order valence-corrected chi connectivity index (χ2v) is 6.72. The monoisotopic (exact) mass is 398 g/mol. The lowest BCUT2D eigenvalue weighted by Gasteiger charge is -2.30. The number of amides is 2. The van der Waals surface area contributed by atoms with Crippen molar-refractivity contribution < 1.29 is 23.1 Å². The van der Waals surface area contributed by atoms with Gasteiger partial charge in [0.05, 0.1) is 26.0 Å². The van der Waals surface area contributed by atoms with Gasteiger partial charge < -0.3 is 28.5 Å². The second-order valence-electron chi connectivity index (χ2n) is 6.72. The van der Waals surface area contributed by atoms with Crippen LogP contribution >= 0.6 is 0 Å². The van der Waals surface area contributed by atoms with E-state index >= 15 is 0 Å². The molecule has 0 saturated carbocycles. The Kier molecular flexibility index (Phi) is 5.37. The minimum absolute atomic E-state index is 0.133. The van der Waals surface area contributed by atoms with Crippen LogP contribution in [0.1, 0.15) is 24.7 Å². The minimum Gasteiger partial charge on any atom is -0.493 e. The molecule has 1 N–H and O–H groups in total. The first-order valence-corrected chi connectivity index (χ1v) is 9.32. The third-order valence-electron chi connectivity index (χ3n) is 4.97. The molecule has 3 heterocycles. The third kappa shape index (κ3) is 4.03. The molecule has 2 amide bonds. The molecule has 1 aromatic carbocycles. The number of nitrogens with one attached hydrogen (secondary N) is 1. The maximum atomic E-state index is 12.6. The smallest absolute Gasteiger partial charge is 0.321 e. The van der Waals surface area contributed by atoms with Gasteiger partial charge in [0.2, 0.25) is 5.89 Å². The summed E-state index contributed by atoms with van der Waals surface area (Å²) < 4.78 is 21.3. The van der Waals surface area contributed by atoms with E-state index in [1.54, 1.807) is 55.9 Å². The first-order chi connectivity index (χ1) is 14.2. The van der Waals surface area contributed by atoms with Crippen LogP contribution in [0.5, 0.6) is 11.5 Å². The van der Waals surface area contributed by atoms with Crippen LogP contribution in [-0.4, -0.2) is 48.4 Å². The number of methoxy groups -OCH3 is 2. The average Bonchev–Trinajstić information content (AvgIpc) is 3.45. The van der Waals surface area contributed by atoms with Crippen LogP contribution in [0.25, 0.3) is 11.5 Å². The average molecular weight is 398 g/mol. The molecule has 0 unspecified atom stereocenters. The number of rotatable bonds is 5. The molecule has 9 heteroatoms. The Bertz CT molecular complexity index is 961. The molecule has 0 aliphatic carbocycles. The van der Waals surface area contributed by atoms with Crippen LogP contribution in [0, 0.1) is 0 Å². The molecule has 1 saturated heterocycles. The van der Waals surface area contributed by atoms with Crippen molar-refractivity contribution in [2.75, 3.05) is 32.6 Å². The zero-order valence-corrected chi connectivity index (χ0v) is 16.3. The lowest BCUT2D eigenvalue weighted by atomic mass is 9.97. The molecule has 29 heavy (non-hydrogen) atoms. The van der Waals surface area contributed by atoms with E-state index in [0.29, 0.717) is 42.1 Å². The van der Waals surface area contributed by atoms with Gasteiger partial charge in [-0.3, -0.25) is 0 Å². The van der Waals surface area contributed by atoms with E-state index in [9.17, 15) is 4.79 Å². The lowest BCUT2D eigenvalue weighted by Crippen LogP contribution is -2.40. The Labute approximate surface area is 167 Å². The summed E-state index contributed by atoms with van der Waals surface area (Å²) in [6.07, 6.45) is 4.64. The van der Waals surface area contributed by atoms with Gasteiger partial charge in [-0.1, -0.05) is 0 Å². The molecule has 0 bridgehead atoms. The number of furan rings is 1. The fourth-order valence-corrected chi connectivity index (χ4v) is 3.35. The van der Waals surface area contributed by atoms with Gasteiger partial charge in [-0.15, -0.1) is 10.2 Å². The number of carbonyl (C=O) groups is 1. The SMILES string of the molecule is COc1ccc(NC(=O)N2CCC(c3nnc(-c4ccoc4)o3)CC2)cc1OC. The number of urea groups is 1. The Balaban J connectivity index is 1.34. The molecule has 3 aromatic rings. The summed E-state index contributed by atoms with van der Waals surface area (Å²) in [5.74, 6) is 2.35. The zero-order valence-electron chi connectivity index (χ0n) is 16.3. The van der Waals surface area contributed by atoms with Gasteiger partial charge in [0.1, 0.15) is 6.26 Å². The van der Waals surface area contributed by atoms with Crippen molar-refractivity contribution in [3.63, 3.8) is 0 Å². The Morgan fingerprint density at radius 1 is 1.14 bits per heavy atom. The molecule has 1 aliphatic rings. The molecule has 1 fully saturated rings. The predicted octanol–water partition coefficient (Wildman–Crippen LogP) is 3.76. The fourth-order valence-electron chi connectivity index (χ4n) is 3.35. The highest BCUT2D eigenvalue weighted by molar-refractivity contribution is 5.89. The van der Waals surface area contributed by atoms with E-state index in [1.165, 1.54) is 0 Å². The van der Waals surface area contributed by atoms with Gasteiger partial charge in [0, 0.05) is 30.8 Å². The summed E-state index contributed by atoms with van der Waals surface area (Å²) >= 11 is 0. The van der Waals surface area contributed by atoms with Gasteiger partial charge in [-0.2, -0.15) is 0 Å². The highest BCUT2D eigenvalue weighted by Crippen LogP contribution is 2.31. The highest BCUT2D eigenvalue weighted by atomic mass is 16.5. The Hall–Kier alpha value is -3.49. The van der Waals surface area contributed by atoms with Gasteiger partial charge in [-0.25, -0.2) is 4.79 Å². The molecule has 0 atom stereocenters. The van der Waals surface area contributed by atoms with Crippen molar-refractivity contribution in [3.05, 3.63) is 42.7 Å². The van der Waals surface area contributed by atoms with E-state index in [-0.39, 0.29) is 11.9 Å². The van der Waals surface area contributed by atoms with E-state index in [2.05, 4.69) is 15.5 Å². The normalized spacial score (nSPS) is 14.6. The van der Waals surface area contributed by atoms with Crippen molar-refractivity contribution >= 4 is 11.7 Å². The van der Waals surface area contributed by atoms with Gasteiger partial charge in [0.15, 0.2) is 11.5 Å². The molecule has 152 valence electrons.